The first-order valence-corrected chi connectivity index (χ1v) is 8.12. The van der Waals surface area contributed by atoms with Gasteiger partial charge in [0.2, 0.25) is 0 Å². The molecule has 0 radical (unpaired) electrons. The van der Waals surface area contributed by atoms with Crippen LogP contribution in [0.4, 0.5) is 5.69 Å². The van der Waals surface area contributed by atoms with E-state index < -0.39 is 0 Å². The van der Waals surface area contributed by atoms with Gasteiger partial charge in [0.1, 0.15) is 16.9 Å². The van der Waals surface area contributed by atoms with Gasteiger partial charge >= 0.3 is 5.56 Å². The minimum atomic E-state index is 0.130. The van der Waals surface area contributed by atoms with Crippen molar-refractivity contribution in [2.75, 3.05) is 5.32 Å². The smallest absolute Gasteiger partial charge is 0.345 e. The summed E-state index contributed by atoms with van der Waals surface area (Å²) >= 11 is 0. The summed E-state index contributed by atoms with van der Waals surface area (Å²) in [7, 11) is 2.07. The van der Waals surface area contributed by atoms with E-state index in [0.717, 1.165) is 29.7 Å². The zero-order chi connectivity index (χ0) is 15.6. The van der Waals surface area contributed by atoms with E-state index in [0.29, 0.717) is 5.92 Å². The van der Waals surface area contributed by atoms with Crippen LogP contribution in [0.25, 0.3) is 10.9 Å². The van der Waals surface area contributed by atoms with Crippen molar-refractivity contribution in [3.8, 4) is 0 Å². The van der Waals surface area contributed by atoms with Crippen molar-refractivity contribution < 1.29 is 4.57 Å². The summed E-state index contributed by atoms with van der Waals surface area (Å²) in [6.45, 7) is 0.782. The van der Waals surface area contributed by atoms with Crippen molar-refractivity contribution in [1.82, 2.24) is 4.57 Å². The Kier molecular flexibility index (Phi) is 2.49. The Hall–Kier alpha value is -2.62. The van der Waals surface area contributed by atoms with Gasteiger partial charge in [0.05, 0.1) is 13.6 Å². The third-order valence-electron chi connectivity index (χ3n) is 5.38. The van der Waals surface area contributed by atoms with E-state index in [1.54, 1.807) is 0 Å². The quantitative estimate of drug-likeness (QED) is 0.648. The second-order valence-electron chi connectivity index (χ2n) is 6.50. The number of nitrogens with one attached hydrogen (secondary N) is 1. The van der Waals surface area contributed by atoms with Crippen molar-refractivity contribution >= 4 is 16.6 Å². The van der Waals surface area contributed by atoms with Gasteiger partial charge in [-0.25, -0.2) is 9.36 Å². The molecule has 1 aromatic heterocycles. The maximum atomic E-state index is 12.9. The molecule has 114 valence electrons. The Labute approximate surface area is 134 Å². The van der Waals surface area contributed by atoms with E-state index in [1.807, 2.05) is 28.8 Å². The first-order valence-electron chi connectivity index (χ1n) is 8.12. The summed E-state index contributed by atoms with van der Waals surface area (Å²) in [5.41, 5.74) is 3.72. The Morgan fingerprint density at radius 1 is 1.13 bits per heavy atom. The average Bonchev–Trinajstić information content (AvgIpc) is 2.98. The SMILES string of the molecule is C[n+]1c2n(c(=O)c3ccccc31)CC[C@@H]1c3ccccc3N[C@@H]21. The molecule has 0 aliphatic carbocycles. The van der Waals surface area contributed by atoms with E-state index in [2.05, 4.69) is 41.2 Å². The Morgan fingerprint density at radius 3 is 2.83 bits per heavy atom. The van der Waals surface area contributed by atoms with Crippen LogP contribution in [-0.4, -0.2) is 4.57 Å². The largest absolute Gasteiger partial charge is 0.371 e. The van der Waals surface area contributed by atoms with E-state index in [1.165, 1.54) is 11.3 Å². The highest BCUT2D eigenvalue weighted by Gasteiger charge is 2.44. The molecule has 2 aromatic carbocycles. The molecule has 0 saturated carbocycles. The van der Waals surface area contributed by atoms with Gasteiger partial charge < -0.3 is 5.32 Å². The molecular weight excluding hydrogens is 286 g/mol. The van der Waals surface area contributed by atoms with Crippen LogP contribution >= 0.6 is 0 Å². The van der Waals surface area contributed by atoms with Crippen LogP contribution in [0.15, 0.2) is 53.3 Å². The number of para-hydroxylation sites is 2. The van der Waals surface area contributed by atoms with E-state index in [4.69, 9.17) is 0 Å². The lowest BCUT2D eigenvalue weighted by atomic mass is 9.88. The minimum Gasteiger partial charge on any atom is -0.371 e. The first-order chi connectivity index (χ1) is 11.3. The molecule has 2 aliphatic heterocycles. The topological polar surface area (TPSA) is 37.9 Å². The van der Waals surface area contributed by atoms with Crippen molar-refractivity contribution in [3.05, 3.63) is 70.3 Å². The molecule has 0 spiro atoms. The number of anilines is 1. The fourth-order valence-electron chi connectivity index (χ4n) is 4.33. The molecule has 0 unspecified atom stereocenters. The maximum Gasteiger partial charge on any atom is 0.345 e. The number of aryl methyl sites for hydroxylation is 1. The predicted molar refractivity (Wildman–Crippen MR) is 89.5 cm³/mol. The molecule has 2 atom stereocenters. The van der Waals surface area contributed by atoms with Gasteiger partial charge in [-0.2, -0.15) is 4.57 Å². The van der Waals surface area contributed by atoms with Crippen LogP contribution in [0, 0.1) is 0 Å². The number of benzene rings is 2. The Morgan fingerprint density at radius 2 is 1.91 bits per heavy atom. The van der Waals surface area contributed by atoms with Crippen molar-refractivity contribution in [2.45, 2.75) is 24.9 Å². The van der Waals surface area contributed by atoms with Gasteiger partial charge in [-0.3, -0.25) is 0 Å². The minimum absolute atomic E-state index is 0.130. The second kappa shape index (κ2) is 4.44. The summed E-state index contributed by atoms with van der Waals surface area (Å²) in [4.78, 5) is 12.9. The maximum absolute atomic E-state index is 12.9. The highest BCUT2D eigenvalue weighted by molar-refractivity contribution is 5.74. The summed E-state index contributed by atoms with van der Waals surface area (Å²) in [6, 6.07) is 16.6. The summed E-state index contributed by atoms with van der Waals surface area (Å²) in [5.74, 6) is 1.53. The predicted octanol–water partition coefficient (Wildman–Crippen LogP) is 2.48. The van der Waals surface area contributed by atoms with Gasteiger partial charge in [0, 0.05) is 11.6 Å². The van der Waals surface area contributed by atoms with Crippen LogP contribution in [0.2, 0.25) is 0 Å². The lowest BCUT2D eigenvalue weighted by Gasteiger charge is -2.26. The summed E-state index contributed by atoms with van der Waals surface area (Å²) in [5, 5.41) is 4.44. The molecule has 4 nitrogen and oxygen atoms in total. The average molecular weight is 304 g/mol. The molecule has 0 saturated heterocycles. The van der Waals surface area contributed by atoms with Gasteiger partial charge in [-0.1, -0.05) is 30.3 Å². The summed E-state index contributed by atoms with van der Waals surface area (Å²) < 4.78 is 4.15. The Balaban J connectivity index is 1.80. The monoisotopic (exact) mass is 304 g/mol. The highest BCUT2D eigenvalue weighted by Crippen LogP contribution is 2.47. The standard InChI is InChI=1S/C19H18N3O/c1-21-16-9-5-3-7-14(16)19(23)22-11-10-13-12-6-2-4-8-15(12)20-17(13)18(21)22/h2-9,13,17,20H,10-11H2,1H3/q+1/t13-,17-/m1/s1. The molecule has 0 fully saturated rings. The number of fused-ring (bicyclic) bond motifs is 6. The van der Waals surface area contributed by atoms with Crippen LogP contribution in [0.5, 0.6) is 0 Å². The molecular formula is C19H18N3O+. The molecule has 23 heavy (non-hydrogen) atoms. The molecule has 0 amide bonds. The fraction of sp³-hybridized carbons (Fsp3) is 0.263. The van der Waals surface area contributed by atoms with Crippen molar-refractivity contribution in [1.29, 1.82) is 0 Å². The third-order valence-corrected chi connectivity index (χ3v) is 5.38. The molecule has 2 aliphatic rings. The molecule has 3 heterocycles. The number of hydrogen-bond acceptors (Lipinski definition) is 2. The van der Waals surface area contributed by atoms with Crippen LogP contribution < -0.4 is 15.4 Å². The van der Waals surface area contributed by atoms with Gasteiger partial charge in [0.25, 0.3) is 5.82 Å². The third kappa shape index (κ3) is 1.61. The van der Waals surface area contributed by atoms with E-state index in [9.17, 15) is 4.79 Å². The van der Waals surface area contributed by atoms with Gasteiger partial charge in [-0.05, 0) is 30.2 Å². The second-order valence-corrected chi connectivity index (χ2v) is 6.50. The molecule has 5 rings (SSSR count). The van der Waals surface area contributed by atoms with Gasteiger partial charge in [0.15, 0.2) is 0 Å². The lowest BCUT2D eigenvalue weighted by Crippen LogP contribution is -2.48. The van der Waals surface area contributed by atoms with Crippen LogP contribution in [0.3, 0.4) is 0 Å². The van der Waals surface area contributed by atoms with Crippen LogP contribution in [0.1, 0.15) is 29.8 Å². The molecule has 4 heteroatoms. The number of rotatable bonds is 0. The van der Waals surface area contributed by atoms with E-state index in [-0.39, 0.29) is 11.6 Å². The van der Waals surface area contributed by atoms with Crippen LogP contribution in [-0.2, 0) is 13.6 Å². The highest BCUT2D eigenvalue weighted by atomic mass is 16.1. The van der Waals surface area contributed by atoms with Gasteiger partial charge in [-0.15, -0.1) is 0 Å². The van der Waals surface area contributed by atoms with E-state index >= 15 is 0 Å². The van der Waals surface area contributed by atoms with Crippen molar-refractivity contribution in [3.63, 3.8) is 0 Å². The normalized spacial score (nSPS) is 21.4. The number of aromatic nitrogens is 2. The first kappa shape index (κ1) is 12.9. The zero-order valence-corrected chi connectivity index (χ0v) is 13.0. The number of nitrogens with zero attached hydrogens (tertiary/aromatic N) is 2. The zero-order valence-electron chi connectivity index (χ0n) is 13.0. The molecule has 1 N–H and O–H groups in total. The number of hydrogen-bond donors (Lipinski definition) is 1. The summed E-state index contributed by atoms with van der Waals surface area (Å²) in [6.07, 6.45) is 1.000. The fourth-order valence-corrected chi connectivity index (χ4v) is 4.33. The Bertz CT molecular complexity index is 1010. The molecule has 3 aromatic rings. The lowest BCUT2D eigenvalue weighted by molar-refractivity contribution is -0.660. The molecule has 0 bridgehead atoms. The van der Waals surface area contributed by atoms with Crippen molar-refractivity contribution in [2.24, 2.45) is 7.05 Å².